The highest BCUT2D eigenvalue weighted by Crippen LogP contribution is 2.28. The topological polar surface area (TPSA) is 38.3 Å². The van der Waals surface area contributed by atoms with Crippen LogP contribution in [0.4, 0.5) is 8.78 Å². The van der Waals surface area contributed by atoms with Gasteiger partial charge in [0.25, 0.3) is 0 Å². The van der Waals surface area contributed by atoms with Crippen LogP contribution < -0.4 is 5.32 Å². The predicted molar refractivity (Wildman–Crippen MR) is 78.0 cm³/mol. The molecule has 2 unspecified atom stereocenters. The average Bonchev–Trinajstić information content (AvgIpc) is 2.42. The Morgan fingerprint density at radius 1 is 1.33 bits per heavy atom. The molecule has 1 aromatic carbocycles. The first-order valence-electron chi connectivity index (χ1n) is 7.17. The van der Waals surface area contributed by atoms with Crippen molar-refractivity contribution >= 4 is 5.97 Å². The lowest BCUT2D eigenvalue weighted by molar-refractivity contribution is -0.151. The summed E-state index contributed by atoms with van der Waals surface area (Å²) in [5.74, 6) is -1.79. The number of hydrogen-bond acceptors (Lipinski definition) is 3. The van der Waals surface area contributed by atoms with Crippen LogP contribution in [0.2, 0.25) is 0 Å². The third kappa shape index (κ3) is 3.79. The fourth-order valence-corrected chi connectivity index (χ4v) is 2.15. The zero-order valence-electron chi connectivity index (χ0n) is 13.2. The molecule has 0 amide bonds. The van der Waals surface area contributed by atoms with Crippen molar-refractivity contribution < 1.29 is 18.3 Å². The van der Waals surface area contributed by atoms with Gasteiger partial charge in [0.15, 0.2) is 0 Å². The van der Waals surface area contributed by atoms with Gasteiger partial charge in [-0.15, -0.1) is 0 Å². The van der Waals surface area contributed by atoms with Crippen molar-refractivity contribution in [3.8, 4) is 0 Å². The first-order chi connectivity index (χ1) is 9.76. The summed E-state index contributed by atoms with van der Waals surface area (Å²) in [7, 11) is 0. The summed E-state index contributed by atoms with van der Waals surface area (Å²) in [6.07, 6.45) is 0.741. The summed E-state index contributed by atoms with van der Waals surface area (Å²) in [5, 5.41) is 3.05. The zero-order valence-corrected chi connectivity index (χ0v) is 13.2. The monoisotopic (exact) mass is 299 g/mol. The van der Waals surface area contributed by atoms with Gasteiger partial charge in [0.1, 0.15) is 17.2 Å². The van der Waals surface area contributed by atoms with E-state index in [4.69, 9.17) is 4.74 Å². The van der Waals surface area contributed by atoms with Crippen molar-refractivity contribution in [3.63, 3.8) is 0 Å². The molecule has 0 aliphatic rings. The van der Waals surface area contributed by atoms with Crippen molar-refractivity contribution in [3.05, 3.63) is 34.9 Å². The van der Waals surface area contributed by atoms with Gasteiger partial charge in [-0.05, 0) is 51.8 Å². The van der Waals surface area contributed by atoms with E-state index < -0.39 is 23.1 Å². The highest BCUT2D eigenvalue weighted by molar-refractivity contribution is 5.82. The quantitative estimate of drug-likeness (QED) is 0.818. The molecule has 0 saturated carbocycles. The maximum atomic E-state index is 14.3. The van der Waals surface area contributed by atoms with Gasteiger partial charge in [-0.25, -0.2) is 13.6 Å². The van der Waals surface area contributed by atoms with Crippen molar-refractivity contribution in [1.82, 2.24) is 5.32 Å². The van der Waals surface area contributed by atoms with Gasteiger partial charge in [-0.2, -0.15) is 0 Å². The molecule has 0 fully saturated rings. The molecule has 0 spiro atoms. The summed E-state index contributed by atoms with van der Waals surface area (Å²) < 4.78 is 33.1. The Balaban J connectivity index is 3.36. The number of halogens is 2. The third-order valence-electron chi connectivity index (χ3n) is 3.62. The number of esters is 1. The van der Waals surface area contributed by atoms with Crippen molar-refractivity contribution in [2.24, 2.45) is 0 Å². The van der Waals surface area contributed by atoms with Crippen molar-refractivity contribution in [2.75, 3.05) is 6.61 Å². The van der Waals surface area contributed by atoms with Gasteiger partial charge in [-0.3, -0.25) is 5.32 Å². The van der Waals surface area contributed by atoms with Crippen LogP contribution in [0, 0.1) is 18.6 Å². The largest absolute Gasteiger partial charge is 0.464 e. The van der Waals surface area contributed by atoms with Gasteiger partial charge >= 0.3 is 5.97 Å². The second kappa shape index (κ2) is 6.98. The van der Waals surface area contributed by atoms with Crippen LogP contribution in [0.15, 0.2) is 12.1 Å². The van der Waals surface area contributed by atoms with Crippen LogP contribution in [0.5, 0.6) is 0 Å². The molecule has 0 aliphatic carbocycles. The van der Waals surface area contributed by atoms with E-state index in [1.807, 2.05) is 13.8 Å². The molecule has 5 heteroatoms. The minimum Gasteiger partial charge on any atom is -0.464 e. The normalized spacial score (nSPS) is 15.4. The minimum absolute atomic E-state index is 0.0376. The average molecular weight is 299 g/mol. The van der Waals surface area contributed by atoms with Gasteiger partial charge in [0.2, 0.25) is 0 Å². The lowest BCUT2D eigenvalue weighted by atomic mass is 9.89. The molecule has 0 bridgehead atoms. The van der Waals surface area contributed by atoms with Gasteiger partial charge in [0.05, 0.1) is 6.61 Å². The van der Waals surface area contributed by atoms with E-state index in [0.717, 1.165) is 18.6 Å². The number of carbonyl (C=O) groups is 1. The zero-order chi connectivity index (χ0) is 16.2. The molecule has 0 radical (unpaired) electrons. The van der Waals surface area contributed by atoms with Gasteiger partial charge in [-0.1, -0.05) is 6.92 Å². The number of rotatable bonds is 6. The summed E-state index contributed by atoms with van der Waals surface area (Å²) in [6, 6.07) is 2.11. The van der Waals surface area contributed by atoms with E-state index in [9.17, 15) is 13.6 Å². The summed E-state index contributed by atoms with van der Waals surface area (Å²) in [6.45, 7) is 8.66. The molecule has 0 aromatic heterocycles. The number of ether oxygens (including phenoxy) is 1. The second-order valence-corrected chi connectivity index (χ2v) is 5.38. The van der Waals surface area contributed by atoms with Gasteiger partial charge < -0.3 is 4.74 Å². The first-order valence-corrected chi connectivity index (χ1v) is 7.17. The molecular formula is C16H23F2NO2. The van der Waals surface area contributed by atoms with E-state index in [1.54, 1.807) is 6.92 Å². The molecular weight excluding hydrogens is 276 g/mol. The molecule has 1 N–H and O–H groups in total. The lowest BCUT2D eigenvalue weighted by Crippen LogP contribution is -2.51. The molecule has 0 saturated heterocycles. The Kier molecular flexibility index (Phi) is 5.84. The molecule has 1 aromatic rings. The van der Waals surface area contributed by atoms with Crippen molar-refractivity contribution in [1.29, 1.82) is 0 Å². The van der Waals surface area contributed by atoms with E-state index in [2.05, 4.69) is 5.32 Å². The van der Waals surface area contributed by atoms with Gasteiger partial charge in [0, 0.05) is 11.6 Å². The van der Waals surface area contributed by atoms with Crippen LogP contribution >= 0.6 is 0 Å². The molecule has 1 rings (SSSR count). The fourth-order valence-electron chi connectivity index (χ4n) is 2.15. The minimum atomic E-state index is -1.43. The number of nitrogens with one attached hydrogen (secondary N) is 1. The number of hydrogen-bond donors (Lipinski definition) is 1. The molecule has 21 heavy (non-hydrogen) atoms. The van der Waals surface area contributed by atoms with Crippen LogP contribution in [0.3, 0.4) is 0 Å². The maximum absolute atomic E-state index is 14.3. The number of carbonyl (C=O) groups excluding carboxylic acids is 1. The van der Waals surface area contributed by atoms with E-state index in [0.29, 0.717) is 0 Å². The Labute approximate surface area is 124 Å². The van der Waals surface area contributed by atoms with E-state index in [-0.39, 0.29) is 23.8 Å². The molecule has 0 heterocycles. The standard InChI is InChI=1S/C16H23F2NO2/c1-6-11(4)19-16(5,15(20)21-7-2)12-9-13(17)10(3)8-14(12)18/h8-9,11,19H,6-7H2,1-5H3. The van der Waals surface area contributed by atoms with E-state index in [1.165, 1.54) is 13.8 Å². The number of benzene rings is 1. The third-order valence-corrected chi connectivity index (χ3v) is 3.62. The van der Waals surface area contributed by atoms with Crippen LogP contribution in [-0.4, -0.2) is 18.6 Å². The highest BCUT2D eigenvalue weighted by Gasteiger charge is 2.40. The Bertz CT molecular complexity index is 519. The SMILES string of the molecule is CCOC(=O)C(C)(NC(C)CC)c1cc(F)c(C)cc1F. The maximum Gasteiger partial charge on any atom is 0.330 e. The summed E-state index contributed by atoms with van der Waals surface area (Å²) in [5.41, 5.74) is -1.26. The predicted octanol–water partition coefficient (Wildman–Crippen LogP) is 3.44. The molecule has 3 nitrogen and oxygen atoms in total. The first kappa shape index (κ1) is 17.6. The number of aryl methyl sites for hydroxylation is 1. The lowest BCUT2D eigenvalue weighted by Gasteiger charge is -2.32. The Hall–Kier alpha value is -1.49. The van der Waals surface area contributed by atoms with Crippen LogP contribution in [0.1, 0.15) is 45.2 Å². The second-order valence-electron chi connectivity index (χ2n) is 5.38. The highest BCUT2D eigenvalue weighted by atomic mass is 19.1. The van der Waals surface area contributed by atoms with Crippen LogP contribution in [-0.2, 0) is 15.1 Å². The molecule has 118 valence electrons. The summed E-state index contributed by atoms with van der Waals surface area (Å²) in [4.78, 5) is 12.3. The fraction of sp³-hybridized carbons (Fsp3) is 0.562. The summed E-state index contributed by atoms with van der Waals surface area (Å²) >= 11 is 0. The Morgan fingerprint density at radius 2 is 1.95 bits per heavy atom. The molecule has 0 aliphatic heterocycles. The molecule has 2 atom stereocenters. The Morgan fingerprint density at radius 3 is 2.48 bits per heavy atom. The van der Waals surface area contributed by atoms with Crippen LogP contribution in [0.25, 0.3) is 0 Å². The smallest absolute Gasteiger partial charge is 0.330 e. The van der Waals surface area contributed by atoms with E-state index >= 15 is 0 Å². The van der Waals surface area contributed by atoms with Crippen molar-refractivity contribution in [2.45, 2.75) is 52.6 Å².